The molecule has 2 aromatic heterocycles. The summed E-state index contributed by atoms with van der Waals surface area (Å²) in [7, 11) is 0. The molecule has 0 aliphatic heterocycles. The third-order valence-corrected chi connectivity index (χ3v) is 5.14. The number of carbonyl (C=O) groups excluding carboxylic acids is 1. The molecule has 4 aromatic rings. The zero-order chi connectivity index (χ0) is 17.4. The second-order valence-electron chi connectivity index (χ2n) is 5.70. The fraction of sp³-hybridized carbons (Fsp3) is 0.0526. The molecule has 5 nitrogen and oxygen atoms in total. The van der Waals surface area contributed by atoms with Crippen molar-refractivity contribution in [3.05, 3.63) is 59.5 Å². The first kappa shape index (κ1) is 15.4. The van der Waals surface area contributed by atoms with Gasteiger partial charge in [0.1, 0.15) is 10.8 Å². The maximum Gasteiger partial charge on any atom is 0.171 e. The molecular formula is C19H16N4OS. The number of anilines is 3. The number of hydrogen-bond donors (Lipinski definition) is 3. The van der Waals surface area contributed by atoms with Gasteiger partial charge in [0.2, 0.25) is 0 Å². The smallest absolute Gasteiger partial charge is 0.171 e. The number of rotatable bonds is 4. The highest BCUT2D eigenvalue weighted by Gasteiger charge is 2.22. The van der Waals surface area contributed by atoms with Gasteiger partial charge in [-0.3, -0.25) is 4.79 Å². The molecule has 0 unspecified atom stereocenters. The molecule has 0 atom stereocenters. The van der Waals surface area contributed by atoms with E-state index in [-0.39, 0.29) is 5.78 Å². The molecule has 0 fully saturated rings. The highest BCUT2D eigenvalue weighted by atomic mass is 32.1. The summed E-state index contributed by atoms with van der Waals surface area (Å²) in [6.07, 6.45) is 0. The molecule has 6 heteroatoms. The molecule has 4 rings (SSSR count). The number of nitrogen functional groups attached to an aromatic ring is 1. The summed E-state index contributed by atoms with van der Waals surface area (Å²) in [4.78, 5) is 20.4. The van der Waals surface area contributed by atoms with Gasteiger partial charge in [0, 0.05) is 12.6 Å². The number of aromatic nitrogens is 2. The predicted octanol–water partition coefficient (Wildman–Crippen LogP) is 4.82. The summed E-state index contributed by atoms with van der Waals surface area (Å²) in [6, 6.07) is 17.6. The molecule has 2 aromatic carbocycles. The number of hydrogen-bond acceptors (Lipinski definition) is 5. The zero-order valence-corrected chi connectivity index (χ0v) is 14.4. The van der Waals surface area contributed by atoms with Crippen LogP contribution in [-0.2, 0) is 0 Å². The molecule has 0 aliphatic rings. The van der Waals surface area contributed by atoms with Crippen LogP contribution in [0, 0.1) is 0 Å². The van der Waals surface area contributed by atoms with Gasteiger partial charge in [0.05, 0.1) is 27.2 Å². The van der Waals surface area contributed by atoms with E-state index in [1.165, 1.54) is 18.3 Å². The number of ketones is 1. The zero-order valence-electron chi connectivity index (χ0n) is 13.5. The molecule has 4 N–H and O–H groups in total. The molecule has 25 heavy (non-hydrogen) atoms. The van der Waals surface area contributed by atoms with Gasteiger partial charge >= 0.3 is 0 Å². The summed E-state index contributed by atoms with van der Waals surface area (Å²) in [5.41, 5.74) is 10.2. The Morgan fingerprint density at radius 1 is 1.12 bits per heavy atom. The van der Waals surface area contributed by atoms with E-state index < -0.39 is 0 Å². The van der Waals surface area contributed by atoms with Gasteiger partial charge in [-0.1, -0.05) is 30.3 Å². The molecule has 0 bridgehead atoms. The van der Waals surface area contributed by atoms with Crippen molar-refractivity contribution >= 4 is 44.5 Å². The number of nitrogens with two attached hydrogens (primary N) is 1. The minimum atomic E-state index is -0.0547. The second-order valence-corrected chi connectivity index (χ2v) is 6.72. The van der Waals surface area contributed by atoms with E-state index >= 15 is 0 Å². The molecule has 0 saturated carbocycles. The SMILES string of the molecule is CC(=O)c1sc(Nc2ccccc2)c(-c2nc3ccccc3[nH]2)c1N. The van der Waals surface area contributed by atoms with Crippen LogP contribution in [0.2, 0.25) is 0 Å². The first-order valence-corrected chi connectivity index (χ1v) is 8.65. The standard InChI is InChI=1S/C19H16N4OS/c1-11(24)17-16(20)15(18-22-13-9-5-6-10-14(13)23-18)19(25-17)21-12-7-3-2-4-8-12/h2-10,21H,20H2,1H3,(H,22,23). The Morgan fingerprint density at radius 2 is 1.84 bits per heavy atom. The summed E-state index contributed by atoms with van der Waals surface area (Å²) in [5, 5.41) is 4.16. The number of Topliss-reactive ketones (excluding diaryl/α,β-unsaturated/α-hetero) is 1. The summed E-state index contributed by atoms with van der Waals surface area (Å²) < 4.78 is 0. The minimum Gasteiger partial charge on any atom is -0.397 e. The van der Waals surface area contributed by atoms with E-state index in [1.54, 1.807) is 0 Å². The predicted molar refractivity (Wildman–Crippen MR) is 104 cm³/mol. The average Bonchev–Trinajstić information content (AvgIpc) is 3.16. The van der Waals surface area contributed by atoms with Crippen LogP contribution in [0.25, 0.3) is 22.4 Å². The van der Waals surface area contributed by atoms with Crippen molar-refractivity contribution in [3.63, 3.8) is 0 Å². The molecule has 2 heterocycles. The van der Waals surface area contributed by atoms with Crippen LogP contribution < -0.4 is 11.1 Å². The Bertz CT molecular complexity index is 1030. The number of carbonyl (C=O) groups is 1. The Morgan fingerprint density at radius 3 is 2.56 bits per heavy atom. The maximum atomic E-state index is 12.0. The quantitative estimate of drug-likeness (QED) is 0.462. The number of aromatic amines is 1. The van der Waals surface area contributed by atoms with Gasteiger partial charge in [0.25, 0.3) is 0 Å². The van der Waals surface area contributed by atoms with E-state index in [9.17, 15) is 4.79 Å². The number of thiophene rings is 1. The van der Waals surface area contributed by atoms with Crippen molar-refractivity contribution in [1.82, 2.24) is 9.97 Å². The molecule has 0 saturated heterocycles. The van der Waals surface area contributed by atoms with Gasteiger partial charge < -0.3 is 16.0 Å². The van der Waals surface area contributed by atoms with Crippen LogP contribution in [0.3, 0.4) is 0 Å². The second kappa shape index (κ2) is 6.07. The van der Waals surface area contributed by atoms with Crippen molar-refractivity contribution < 1.29 is 4.79 Å². The third kappa shape index (κ3) is 2.77. The Kier molecular flexibility index (Phi) is 3.74. The van der Waals surface area contributed by atoms with E-state index in [1.807, 2.05) is 54.6 Å². The third-order valence-electron chi connectivity index (χ3n) is 3.92. The summed E-state index contributed by atoms with van der Waals surface area (Å²) in [6.45, 7) is 1.52. The van der Waals surface area contributed by atoms with Crippen LogP contribution in [0.15, 0.2) is 54.6 Å². The van der Waals surface area contributed by atoms with Crippen LogP contribution in [0.4, 0.5) is 16.4 Å². The molecular weight excluding hydrogens is 332 g/mol. The lowest BCUT2D eigenvalue weighted by atomic mass is 10.2. The van der Waals surface area contributed by atoms with Gasteiger partial charge in [0.15, 0.2) is 5.78 Å². The number of benzene rings is 2. The van der Waals surface area contributed by atoms with Crippen LogP contribution in [0.1, 0.15) is 16.6 Å². The fourth-order valence-electron chi connectivity index (χ4n) is 2.75. The summed E-state index contributed by atoms with van der Waals surface area (Å²) in [5.74, 6) is 0.599. The number of fused-ring (bicyclic) bond motifs is 1. The van der Waals surface area contributed by atoms with Crippen LogP contribution in [0.5, 0.6) is 0 Å². The first-order valence-electron chi connectivity index (χ1n) is 7.84. The molecule has 124 valence electrons. The van der Waals surface area contributed by atoms with Gasteiger partial charge in [-0.15, -0.1) is 11.3 Å². The van der Waals surface area contributed by atoms with Crippen LogP contribution >= 0.6 is 11.3 Å². The van der Waals surface area contributed by atoms with E-state index in [0.29, 0.717) is 16.4 Å². The highest BCUT2D eigenvalue weighted by Crippen LogP contribution is 2.43. The van der Waals surface area contributed by atoms with E-state index in [4.69, 9.17) is 5.73 Å². The fourth-order valence-corrected chi connectivity index (χ4v) is 3.79. The number of nitrogens with one attached hydrogen (secondary N) is 2. The molecule has 0 aliphatic carbocycles. The lowest BCUT2D eigenvalue weighted by Crippen LogP contribution is -1.96. The molecule has 0 amide bonds. The Hall–Kier alpha value is -3.12. The van der Waals surface area contributed by atoms with E-state index in [2.05, 4.69) is 15.3 Å². The topological polar surface area (TPSA) is 83.8 Å². The minimum absolute atomic E-state index is 0.0547. The number of imidazole rings is 1. The Balaban J connectivity index is 1.88. The lowest BCUT2D eigenvalue weighted by molar-refractivity contribution is 0.102. The van der Waals surface area contributed by atoms with Gasteiger partial charge in [-0.05, 0) is 24.3 Å². The van der Waals surface area contributed by atoms with Gasteiger partial charge in [-0.2, -0.15) is 0 Å². The number of para-hydroxylation sites is 3. The van der Waals surface area contributed by atoms with Crippen LogP contribution in [-0.4, -0.2) is 15.8 Å². The Labute approximate surface area is 148 Å². The number of H-pyrrole nitrogens is 1. The van der Waals surface area contributed by atoms with Crippen molar-refractivity contribution in [2.75, 3.05) is 11.1 Å². The van der Waals surface area contributed by atoms with Crippen molar-refractivity contribution in [2.24, 2.45) is 0 Å². The monoisotopic (exact) mass is 348 g/mol. The van der Waals surface area contributed by atoms with E-state index in [0.717, 1.165) is 27.3 Å². The van der Waals surface area contributed by atoms with Gasteiger partial charge in [-0.25, -0.2) is 4.98 Å². The van der Waals surface area contributed by atoms with Crippen molar-refractivity contribution in [3.8, 4) is 11.4 Å². The first-order chi connectivity index (χ1) is 12.1. The summed E-state index contributed by atoms with van der Waals surface area (Å²) >= 11 is 1.35. The maximum absolute atomic E-state index is 12.0. The molecule has 0 radical (unpaired) electrons. The van der Waals surface area contributed by atoms with Crippen molar-refractivity contribution in [2.45, 2.75) is 6.92 Å². The highest BCUT2D eigenvalue weighted by molar-refractivity contribution is 7.19. The molecule has 0 spiro atoms. The normalized spacial score (nSPS) is 10.9. The number of nitrogens with zero attached hydrogens (tertiary/aromatic N) is 1. The van der Waals surface area contributed by atoms with Crippen molar-refractivity contribution in [1.29, 1.82) is 0 Å². The average molecular weight is 348 g/mol. The largest absolute Gasteiger partial charge is 0.397 e. The lowest BCUT2D eigenvalue weighted by Gasteiger charge is -2.06.